The van der Waals surface area contributed by atoms with Gasteiger partial charge in [0.05, 0.1) is 4.90 Å². The van der Waals surface area contributed by atoms with Crippen LogP contribution < -0.4 is 5.32 Å². The molecule has 1 unspecified atom stereocenters. The summed E-state index contributed by atoms with van der Waals surface area (Å²) in [6, 6.07) is 12.0. The Labute approximate surface area is 128 Å². The summed E-state index contributed by atoms with van der Waals surface area (Å²) in [5.74, 6) is -1.38. The summed E-state index contributed by atoms with van der Waals surface area (Å²) in [5.41, 5.74) is 0. The number of benzene rings is 2. The first kappa shape index (κ1) is 14.7. The molecule has 1 aliphatic heterocycles. The van der Waals surface area contributed by atoms with E-state index >= 15 is 0 Å². The van der Waals surface area contributed by atoms with Gasteiger partial charge in [0.2, 0.25) is 14.7 Å². The zero-order valence-corrected chi connectivity index (χ0v) is 12.5. The lowest BCUT2D eigenvalue weighted by Crippen LogP contribution is -2.58. The summed E-state index contributed by atoms with van der Waals surface area (Å²) in [4.78, 5) is 9.69. The molecule has 0 radical (unpaired) electrons. The molecule has 5 nitrogen and oxygen atoms in total. The van der Waals surface area contributed by atoms with E-state index in [1.54, 1.807) is 24.3 Å². The Morgan fingerprint density at radius 1 is 1.09 bits per heavy atom. The van der Waals surface area contributed by atoms with E-state index in [1.807, 2.05) is 18.2 Å². The monoisotopic (exact) mass is 317 g/mol. The van der Waals surface area contributed by atoms with Crippen molar-refractivity contribution >= 4 is 26.6 Å². The second-order valence-electron chi connectivity index (χ2n) is 5.20. The fourth-order valence-electron chi connectivity index (χ4n) is 2.65. The highest BCUT2D eigenvalue weighted by molar-refractivity contribution is 7.93. The SMILES string of the molecule is O=C(O)C1(S(=O)(=O)c2ccc3ccccc3c2)CC=CCN1. The third-order valence-corrected chi connectivity index (χ3v) is 6.19. The van der Waals surface area contributed by atoms with Crippen molar-refractivity contribution < 1.29 is 18.3 Å². The number of carboxylic acids is 1. The number of aliphatic carboxylic acids is 1. The maximum Gasteiger partial charge on any atom is 0.340 e. The molecule has 3 rings (SSSR count). The third kappa shape index (κ3) is 2.12. The van der Waals surface area contributed by atoms with Crippen molar-refractivity contribution in [2.45, 2.75) is 16.2 Å². The molecule has 0 aliphatic carbocycles. The van der Waals surface area contributed by atoms with Crippen LogP contribution in [0.15, 0.2) is 59.5 Å². The van der Waals surface area contributed by atoms with Gasteiger partial charge in [0.25, 0.3) is 0 Å². The Hall–Kier alpha value is -2.18. The maximum absolute atomic E-state index is 12.9. The van der Waals surface area contributed by atoms with Crippen LogP contribution in [0.25, 0.3) is 10.8 Å². The van der Waals surface area contributed by atoms with Crippen molar-refractivity contribution in [3.05, 3.63) is 54.6 Å². The molecular formula is C16H15NO4S. The average molecular weight is 317 g/mol. The Morgan fingerprint density at radius 2 is 1.82 bits per heavy atom. The van der Waals surface area contributed by atoms with Gasteiger partial charge < -0.3 is 5.11 Å². The molecule has 0 amide bonds. The van der Waals surface area contributed by atoms with Crippen molar-refractivity contribution in [1.82, 2.24) is 5.32 Å². The molecule has 2 aromatic rings. The number of hydrogen-bond acceptors (Lipinski definition) is 4. The normalized spacial score (nSPS) is 21.8. The average Bonchev–Trinajstić information content (AvgIpc) is 2.54. The maximum atomic E-state index is 12.9. The van der Waals surface area contributed by atoms with Gasteiger partial charge in [-0.15, -0.1) is 0 Å². The first-order valence-electron chi connectivity index (χ1n) is 6.84. The van der Waals surface area contributed by atoms with Crippen molar-refractivity contribution in [3.8, 4) is 0 Å². The molecule has 114 valence electrons. The summed E-state index contributed by atoms with van der Waals surface area (Å²) < 4.78 is 25.8. The highest BCUT2D eigenvalue weighted by atomic mass is 32.2. The van der Waals surface area contributed by atoms with Crippen molar-refractivity contribution in [2.75, 3.05) is 6.54 Å². The summed E-state index contributed by atoms with van der Waals surface area (Å²) >= 11 is 0. The predicted octanol–water partition coefficient (Wildman–Crippen LogP) is 1.94. The van der Waals surface area contributed by atoms with Crippen LogP contribution in [-0.2, 0) is 14.6 Å². The van der Waals surface area contributed by atoms with Gasteiger partial charge in [-0.1, -0.05) is 42.5 Å². The first-order valence-corrected chi connectivity index (χ1v) is 8.32. The largest absolute Gasteiger partial charge is 0.479 e. The van der Waals surface area contributed by atoms with Gasteiger partial charge in [0.15, 0.2) is 0 Å². The van der Waals surface area contributed by atoms with Crippen LogP contribution in [0, 0.1) is 0 Å². The number of carbonyl (C=O) groups is 1. The number of sulfone groups is 1. The minimum Gasteiger partial charge on any atom is -0.479 e. The van der Waals surface area contributed by atoms with Crippen LogP contribution >= 0.6 is 0 Å². The van der Waals surface area contributed by atoms with Crippen LogP contribution in [-0.4, -0.2) is 30.9 Å². The minimum absolute atomic E-state index is 0.0106. The van der Waals surface area contributed by atoms with Crippen molar-refractivity contribution in [1.29, 1.82) is 0 Å². The van der Waals surface area contributed by atoms with E-state index in [4.69, 9.17) is 0 Å². The zero-order chi connectivity index (χ0) is 15.8. The molecule has 6 heteroatoms. The van der Waals surface area contributed by atoms with Gasteiger partial charge >= 0.3 is 5.97 Å². The van der Waals surface area contributed by atoms with Gasteiger partial charge in [-0.2, -0.15) is 0 Å². The van der Waals surface area contributed by atoms with E-state index in [-0.39, 0.29) is 17.9 Å². The molecule has 2 N–H and O–H groups in total. The first-order chi connectivity index (χ1) is 10.5. The smallest absolute Gasteiger partial charge is 0.340 e. The lowest BCUT2D eigenvalue weighted by atomic mass is 10.1. The van der Waals surface area contributed by atoms with E-state index in [0.29, 0.717) is 0 Å². The number of carboxylic acid groups (broad SMARTS) is 1. The van der Waals surface area contributed by atoms with Crippen LogP contribution in [0.3, 0.4) is 0 Å². The fourth-order valence-corrected chi connectivity index (χ4v) is 4.40. The number of nitrogens with one attached hydrogen (secondary N) is 1. The molecule has 2 aromatic carbocycles. The zero-order valence-electron chi connectivity index (χ0n) is 11.7. The van der Waals surface area contributed by atoms with Gasteiger partial charge in [-0.25, -0.2) is 13.2 Å². The van der Waals surface area contributed by atoms with Gasteiger partial charge in [0.1, 0.15) is 0 Å². The van der Waals surface area contributed by atoms with Crippen molar-refractivity contribution in [3.63, 3.8) is 0 Å². The minimum atomic E-state index is -4.08. The van der Waals surface area contributed by atoms with Gasteiger partial charge in [0, 0.05) is 13.0 Å². The standard InChI is InChI=1S/C16H15NO4S/c18-15(19)16(9-3-4-10-17-16)22(20,21)14-8-7-12-5-1-2-6-13(12)11-14/h1-8,11,17H,9-10H2,(H,18,19). The summed E-state index contributed by atoms with van der Waals surface area (Å²) in [5, 5.41) is 13.8. The topological polar surface area (TPSA) is 83.5 Å². The van der Waals surface area contributed by atoms with E-state index in [0.717, 1.165) is 10.8 Å². The molecule has 1 atom stereocenters. The predicted molar refractivity (Wildman–Crippen MR) is 83.3 cm³/mol. The quantitative estimate of drug-likeness (QED) is 0.845. The van der Waals surface area contributed by atoms with Crippen LogP contribution in [0.1, 0.15) is 6.42 Å². The lowest BCUT2D eigenvalue weighted by Gasteiger charge is -2.31. The van der Waals surface area contributed by atoms with E-state index in [1.165, 1.54) is 12.1 Å². The van der Waals surface area contributed by atoms with Crippen molar-refractivity contribution in [2.24, 2.45) is 0 Å². The Bertz CT molecular complexity index is 873. The van der Waals surface area contributed by atoms with Gasteiger partial charge in [-0.05, 0) is 22.9 Å². The molecule has 22 heavy (non-hydrogen) atoms. The van der Waals surface area contributed by atoms with Gasteiger partial charge in [-0.3, -0.25) is 5.32 Å². The van der Waals surface area contributed by atoms with Crippen LogP contribution in [0.4, 0.5) is 0 Å². The van der Waals surface area contributed by atoms with Crippen LogP contribution in [0.5, 0.6) is 0 Å². The highest BCUT2D eigenvalue weighted by Crippen LogP contribution is 2.31. The van der Waals surface area contributed by atoms with E-state index in [9.17, 15) is 18.3 Å². The Morgan fingerprint density at radius 3 is 2.45 bits per heavy atom. The summed E-state index contributed by atoms with van der Waals surface area (Å²) in [7, 11) is -4.08. The second-order valence-corrected chi connectivity index (χ2v) is 7.38. The molecule has 1 heterocycles. The molecule has 0 bridgehead atoms. The molecule has 0 saturated carbocycles. The molecule has 0 spiro atoms. The number of fused-ring (bicyclic) bond motifs is 1. The molecule has 1 aliphatic rings. The second kappa shape index (κ2) is 5.23. The number of rotatable bonds is 3. The number of hydrogen-bond donors (Lipinski definition) is 2. The third-order valence-electron chi connectivity index (χ3n) is 3.91. The highest BCUT2D eigenvalue weighted by Gasteiger charge is 2.51. The van der Waals surface area contributed by atoms with E-state index < -0.39 is 20.7 Å². The summed E-state index contributed by atoms with van der Waals surface area (Å²) in [6.07, 6.45) is 3.21. The van der Waals surface area contributed by atoms with Crippen LogP contribution in [0.2, 0.25) is 0 Å². The fraction of sp³-hybridized carbons (Fsp3) is 0.188. The molecular weight excluding hydrogens is 302 g/mol. The molecule has 0 saturated heterocycles. The van der Waals surface area contributed by atoms with E-state index in [2.05, 4.69) is 5.32 Å². The molecule has 0 aromatic heterocycles. The Kier molecular flexibility index (Phi) is 3.50. The molecule has 0 fully saturated rings. The lowest BCUT2D eigenvalue weighted by molar-refractivity contribution is -0.141. The Balaban J connectivity index is 2.18. The summed E-state index contributed by atoms with van der Waals surface area (Å²) in [6.45, 7) is 0.207.